The van der Waals surface area contributed by atoms with Crippen molar-refractivity contribution in [1.82, 2.24) is 0 Å². The number of hydrogen-bond acceptors (Lipinski definition) is 1. The minimum atomic E-state index is -2.85. The van der Waals surface area contributed by atoms with Crippen LogP contribution < -0.4 is 13.2 Å². The summed E-state index contributed by atoms with van der Waals surface area (Å²) in [5, 5.41) is 1.25. The van der Waals surface area contributed by atoms with E-state index in [9.17, 15) is 0 Å². The van der Waals surface area contributed by atoms with Gasteiger partial charge < -0.3 is 0 Å². The number of rotatable bonds is 6. The summed E-state index contributed by atoms with van der Waals surface area (Å²) in [6, 6.07) is 34.0. The molecule has 3 aromatic rings. The van der Waals surface area contributed by atoms with E-state index in [4.69, 9.17) is 4.74 Å². The zero-order valence-electron chi connectivity index (χ0n) is 16.9. The van der Waals surface area contributed by atoms with E-state index in [1.54, 1.807) is 13.2 Å². The van der Waals surface area contributed by atoms with Crippen molar-refractivity contribution in [1.29, 1.82) is 0 Å². The molecule has 144 valence electrons. The van der Waals surface area contributed by atoms with E-state index in [1.165, 1.54) is 5.25 Å². The standard InChI is InChI=1S/C26H30GeO/c1-21(2)26-20-28-19-22(26)18-27(23-12-6-3-7-13-23,24-14-8-4-9-15-24)25-16-10-5-11-17-25/h3-17,21-22,26H,18-20H2,1-2H3/t22-,26+/m1/s1. The van der Waals surface area contributed by atoms with Crippen LogP contribution in [0, 0.1) is 17.8 Å². The molecule has 0 bridgehead atoms. The van der Waals surface area contributed by atoms with Gasteiger partial charge in [-0.05, 0) is 0 Å². The molecule has 1 saturated heterocycles. The van der Waals surface area contributed by atoms with E-state index in [0.717, 1.165) is 13.2 Å². The van der Waals surface area contributed by atoms with Gasteiger partial charge in [0.1, 0.15) is 0 Å². The van der Waals surface area contributed by atoms with Gasteiger partial charge in [0.05, 0.1) is 0 Å². The van der Waals surface area contributed by atoms with E-state index in [0.29, 0.717) is 17.8 Å². The van der Waals surface area contributed by atoms with E-state index in [-0.39, 0.29) is 0 Å². The van der Waals surface area contributed by atoms with Crippen LogP contribution in [0.5, 0.6) is 0 Å². The SMILES string of the molecule is CC(C)[C@@H]1COC[C@H]1[CH2][Ge]([c]1ccccc1)([c]1ccccc1)[c]1ccccc1. The average Bonchev–Trinajstić information content (AvgIpc) is 3.22. The van der Waals surface area contributed by atoms with E-state index < -0.39 is 13.3 Å². The van der Waals surface area contributed by atoms with Crippen molar-refractivity contribution in [2.75, 3.05) is 13.2 Å². The molecule has 2 heteroatoms. The first-order valence-electron chi connectivity index (χ1n) is 10.5. The monoisotopic (exact) mass is 432 g/mol. The van der Waals surface area contributed by atoms with Crippen molar-refractivity contribution in [2.45, 2.75) is 19.1 Å². The summed E-state index contributed by atoms with van der Waals surface area (Å²) < 4.78 is 10.7. The second-order valence-electron chi connectivity index (χ2n) is 8.41. The molecule has 0 aliphatic carbocycles. The summed E-state index contributed by atoms with van der Waals surface area (Å²) in [6.45, 7) is 6.53. The Bertz CT molecular complexity index is 764. The summed E-state index contributed by atoms with van der Waals surface area (Å²) in [4.78, 5) is 0. The summed E-state index contributed by atoms with van der Waals surface area (Å²) in [5.74, 6) is 1.94. The van der Waals surface area contributed by atoms with Crippen molar-refractivity contribution in [3.8, 4) is 0 Å². The predicted molar refractivity (Wildman–Crippen MR) is 121 cm³/mol. The van der Waals surface area contributed by atoms with E-state index in [2.05, 4.69) is 105 Å². The molecule has 28 heavy (non-hydrogen) atoms. The number of ether oxygens (including phenoxy) is 1. The third-order valence-electron chi connectivity index (χ3n) is 6.47. The molecule has 1 nitrogen and oxygen atoms in total. The molecule has 1 fully saturated rings. The van der Waals surface area contributed by atoms with Crippen LogP contribution in [-0.2, 0) is 4.74 Å². The van der Waals surface area contributed by atoms with Crippen molar-refractivity contribution in [2.24, 2.45) is 17.8 Å². The van der Waals surface area contributed by atoms with Crippen LogP contribution in [0.25, 0.3) is 0 Å². The Morgan fingerprint density at radius 1 is 0.714 bits per heavy atom. The van der Waals surface area contributed by atoms with Crippen molar-refractivity contribution in [3.63, 3.8) is 0 Å². The van der Waals surface area contributed by atoms with Crippen LogP contribution in [0.4, 0.5) is 0 Å². The molecule has 0 amide bonds. The molecular weight excluding hydrogens is 401 g/mol. The van der Waals surface area contributed by atoms with Gasteiger partial charge in [0, 0.05) is 0 Å². The molecule has 4 rings (SSSR count). The zero-order chi connectivity index (χ0) is 19.4. The molecule has 0 aromatic heterocycles. The molecular formula is C26H30GeO. The first-order valence-corrected chi connectivity index (χ1v) is 15.1. The van der Waals surface area contributed by atoms with Gasteiger partial charge in [-0.3, -0.25) is 0 Å². The van der Waals surface area contributed by atoms with Crippen molar-refractivity contribution >= 4 is 26.5 Å². The third kappa shape index (κ3) is 3.70. The number of hydrogen-bond donors (Lipinski definition) is 0. The van der Waals surface area contributed by atoms with Crippen LogP contribution >= 0.6 is 0 Å². The van der Waals surface area contributed by atoms with E-state index >= 15 is 0 Å². The molecule has 0 radical (unpaired) electrons. The Labute approximate surface area is 172 Å². The summed E-state index contributed by atoms with van der Waals surface area (Å²) >= 11 is -2.85. The molecule has 1 heterocycles. The normalized spacial score (nSPS) is 19.8. The van der Waals surface area contributed by atoms with Crippen molar-refractivity contribution < 1.29 is 4.74 Å². The maximum atomic E-state index is 6.01. The Morgan fingerprint density at radius 3 is 1.54 bits per heavy atom. The predicted octanol–water partition coefficient (Wildman–Crippen LogP) is 4.08. The topological polar surface area (TPSA) is 9.23 Å². The van der Waals surface area contributed by atoms with Gasteiger partial charge >= 0.3 is 172 Å². The summed E-state index contributed by atoms with van der Waals surface area (Å²) in [6.07, 6.45) is 0. The Balaban J connectivity index is 1.91. The molecule has 0 saturated carbocycles. The van der Waals surface area contributed by atoms with E-state index in [1.807, 2.05) is 0 Å². The summed E-state index contributed by atoms with van der Waals surface area (Å²) in [5.41, 5.74) is 0. The van der Waals surface area contributed by atoms with Gasteiger partial charge in [-0.2, -0.15) is 0 Å². The van der Waals surface area contributed by atoms with Gasteiger partial charge in [-0.25, -0.2) is 0 Å². The second kappa shape index (κ2) is 8.67. The molecule has 0 spiro atoms. The summed E-state index contributed by atoms with van der Waals surface area (Å²) in [7, 11) is 0. The molecule has 1 aliphatic rings. The Hall–Kier alpha value is -1.84. The van der Waals surface area contributed by atoms with Gasteiger partial charge in [-0.15, -0.1) is 0 Å². The van der Waals surface area contributed by atoms with Gasteiger partial charge in [-0.1, -0.05) is 0 Å². The second-order valence-corrected chi connectivity index (χ2v) is 16.7. The zero-order valence-corrected chi connectivity index (χ0v) is 19.0. The van der Waals surface area contributed by atoms with Gasteiger partial charge in [0.25, 0.3) is 0 Å². The van der Waals surface area contributed by atoms with Crippen LogP contribution in [0.3, 0.4) is 0 Å². The molecule has 2 atom stereocenters. The van der Waals surface area contributed by atoms with Crippen molar-refractivity contribution in [3.05, 3.63) is 91.0 Å². The average molecular weight is 431 g/mol. The van der Waals surface area contributed by atoms with Crippen LogP contribution in [0.1, 0.15) is 13.8 Å². The third-order valence-corrected chi connectivity index (χ3v) is 17.2. The fourth-order valence-electron chi connectivity index (χ4n) is 4.98. The molecule has 3 aromatic carbocycles. The molecule has 1 aliphatic heterocycles. The maximum absolute atomic E-state index is 6.01. The minimum absolute atomic E-state index is 0.626. The van der Waals surface area contributed by atoms with Crippen LogP contribution in [-0.4, -0.2) is 26.5 Å². The quantitative estimate of drug-likeness (QED) is 0.535. The van der Waals surface area contributed by atoms with Crippen LogP contribution in [0.2, 0.25) is 5.25 Å². The fraction of sp³-hybridized carbons (Fsp3) is 0.308. The Morgan fingerprint density at radius 2 is 1.14 bits per heavy atom. The van der Waals surface area contributed by atoms with Gasteiger partial charge in [0.2, 0.25) is 0 Å². The molecule has 0 N–H and O–H groups in total. The first kappa shape index (κ1) is 19.5. The fourth-order valence-corrected chi connectivity index (χ4v) is 15.9. The molecule has 0 unspecified atom stereocenters. The number of benzene rings is 3. The Kier molecular flexibility index (Phi) is 6.03. The van der Waals surface area contributed by atoms with Gasteiger partial charge in [0.15, 0.2) is 0 Å². The van der Waals surface area contributed by atoms with Crippen LogP contribution in [0.15, 0.2) is 91.0 Å². The first-order chi connectivity index (χ1) is 13.7.